The lowest BCUT2D eigenvalue weighted by molar-refractivity contribution is 0.254. The molecule has 19 heavy (non-hydrogen) atoms. The highest BCUT2D eigenvalue weighted by molar-refractivity contribution is 9.10. The van der Waals surface area contributed by atoms with Gasteiger partial charge in [0.05, 0.1) is 0 Å². The maximum Gasteiger partial charge on any atom is 0.143 e. The smallest absolute Gasteiger partial charge is 0.143 e. The van der Waals surface area contributed by atoms with Crippen molar-refractivity contribution in [2.24, 2.45) is 16.8 Å². The van der Waals surface area contributed by atoms with E-state index >= 15 is 0 Å². The largest absolute Gasteiger partial charge is 0.409 e. The highest BCUT2D eigenvalue weighted by Crippen LogP contribution is 2.17. The van der Waals surface area contributed by atoms with Crippen LogP contribution in [0.15, 0.2) is 27.8 Å². The molecule has 6 heteroatoms. The second kappa shape index (κ2) is 7.45. The van der Waals surface area contributed by atoms with Gasteiger partial charge in [-0.05, 0) is 18.7 Å². The van der Waals surface area contributed by atoms with E-state index in [1.165, 1.54) is 6.07 Å². The standard InChI is InChI=1S/C13H19BrFN3O/c1-3-18(7-9(2)13(16)17-19)8-10-4-5-11(14)6-12(10)15/h4-6,9,19H,3,7-8H2,1-2H3,(H2,16,17). The van der Waals surface area contributed by atoms with Gasteiger partial charge in [0.2, 0.25) is 0 Å². The number of nitrogens with two attached hydrogens (primary N) is 1. The summed E-state index contributed by atoms with van der Waals surface area (Å²) in [6.45, 7) is 5.74. The number of amidine groups is 1. The summed E-state index contributed by atoms with van der Waals surface area (Å²) in [7, 11) is 0. The zero-order valence-electron chi connectivity index (χ0n) is 11.1. The fourth-order valence-corrected chi connectivity index (χ4v) is 2.11. The zero-order chi connectivity index (χ0) is 14.4. The van der Waals surface area contributed by atoms with Gasteiger partial charge in [-0.1, -0.05) is 41.0 Å². The van der Waals surface area contributed by atoms with Crippen LogP contribution in [0.1, 0.15) is 19.4 Å². The molecule has 0 heterocycles. The van der Waals surface area contributed by atoms with Gasteiger partial charge in [0, 0.05) is 29.0 Å². The molecular weight excluding hydrogens is 313 g/mol. The van der Waals surface area contributed by atoms with Crippen LogP contribution in [0.4, 0.5) is 4.39 Å². The average Bonchev–Trinajstić information content (AvgIpc) is 2.39. The summed E-state index contributed by atoms with van der Waals surface area (Å²) < 4.78 is 14.5. The Morgan fingerprint density at radius 1 is 1.58 bits per heavy atom. The predicted octanol–water partition coefficient (Wildman–Crippen LogP) is 2.79. The Hall–Kier alpha value is -1.14. The average molecular weight is 332 g/mol. The Labute approximate surface area is 121 Å². The van der Waals surface area contributed by atoms with E-state index in [0.717, 1.165) is 11.0 Å². The number of halogens is 2. The number of benzene rings is 1. The summed E-state index contributed by atoms with van der Waals surface area (Å²) in [6.07, 6.45) is 0. The van der Waals surface area contributed by atoms with Gasteiger partial charge in [0.25, 0.3) is 0 Å². The lowest BCUT2D eigenvalue weighted by Crippen LogP contribution is -2.34. The topological polar surface area (TPSA) is 61.8 Å². The molecule has 0 radical (unpaired) electrons. The van der Waals surface area contributed by atoms with Crippen molar-refractivity contribution in [3.05, 3.63) is 34.1 Å². The third-order valence-corrected chi connectivity index (χ3v) is 3.50. The molecule has 4 nitrogen and oxygen atoms in total. The van der Waals surface area contributed by atoms with Crippen LogP contribution in [0.3, 0.4) is 0 Å². The molecule has 0 aliphatic rings. The molecule has 0 bridgehead atoms. The Bertz CT molecular complexity index is 454. The SMILES string of the molecule is CCN(Cc1ccc(Br)cc1F)CC(C)C(N)=NO. The maximum absolute atomic E-state index is 13.8. The summed E-state index contributed by atoms with van der Waals surface area (Å²) in [5.74, 6) is -0.123. The summed E-state index contributed by atoms with van der Waals surface area (Å²) in [4.78, 5) is 2.05. The van der Waals surface area contributed by atoms with E-state index in [9.17, 15) is 4.39 Å². The van der Waals surface area contributed by atoms with Gasteiger partial charge in [-0.15, -0.1) is 0 Å². The van der Waals surface area contributed by atoms with Gasteiger partial charge in [-0.3, -0.25) is 4.90 Å². The minimum atomic E-state index is -0.232. The van der Waals surface area contributed by atoms with Crippen LogP contribution in [0.25, 0.3) is 0 Å². The third-order valence-electron chi connectivity index (χ3n) is 3.01. The molecular formula is C13H19BrFN3O. The Morgan fingerprint density at radius 3 is 2.79 bits per heavy atom. The molecule has 0 aliphatic carbocycles. The predicted molar refractivity (Wildman–Crippen MR) is 77.6 cm³/mol. The maximum atomic E-state index is 13.8. The molecule has 1 rings (SSSR count). The minimum absolute atomic E-state index is 0.0801. The van der Waals surface area contributed by atoms with Crippen molar-refractivity contribution in [1.29, 1.82) is 0 Å². The lowest BCUT2D eigenvalue weighted by Gasteiger charge is -2.24. The van der Waals surface area contributed by atoms with Crippen molar-refractivity contribution in [2.75, 3.05) is 13.1 Å². The van der Waals surface area contributed by atoms with E-state index in [2.05, 4.69) is 26.0 Å². The van der Waals surface area contributed by atoms with Gasteiger partial charge in [0.15, 0.2) is 0 Å². The van der Waals surface area contributed by atoms with E-state index in [0.29, 0.717) is 18.7 Å². The second-order valence-corrected chi connectivity index (χ2v) is 5.41. The lowest BCUT2D eigenvalue weighted by atomic mass is 10.1. The minimum Gasteiger partial charge on any atom is -0.409 e. The number of hydrogen-bond donors (Lipinski definition) is 2. The quantitative estimate of drug-likeness (QED) is 0.364. The molecule has 0 saturated heterocycles. The van der Waals surface area contributed by atoms with Crippen molar-refractivity contribution in [2.45, 2.75) is 20.4 Å². The first kappa shape index (κ1) is 15.9. The van der Waals surface area contributed by atoms with Gasteiger partial charge in [0.1, 0.15) is 11.7 Å². The number of nitrogens with zero attached hydrogens (tertiary/aromatic N) is 2. The first-order chi connectivity index (χ1) is 8.97. The van der Waals surface area contributed by atoms with Gasteiger partial charge >= 0.3 is 0 Å². The summed E-state index contributed by atoms with van der Waals surface area (Å²) in [5, 5.41) is 11.6. The van der Waals surface area contributed by atoms with E-state index in [1.54, 1.807) is 6.07 Å². The Morgan fingerprint density at radius 2 is 2.26 bits per heavy atom. The fourth-order valence-electron chi connectivity index (χ4n) is 1.78. The molecule has 1 atom stereocenters. The molecule has 0 aliphatic heterocycles. The Kier molecular flexibility index (Phi) is 6.24. The molecule has 0 fully saturated rings. The van der Waals surface area contributed by atoms with Crippen molar-refractivity contribution < 1.29 is 9.60 Å². The zero-order valence-corrected chi connectivity index (χ0v) is 12.7. The van der Waals surface area contributed by atoms with Crippen molar-refractivity contribution in [3.8, 4) is 0 Å². The third kappa shape index (κ3) is 4.80. The normalized spacial score (nSPS) is 13.8. The van der Waals surface area contributed by atoms with Crippen LogP contribution >= 0.6 is 15.9 Å². The fraction of sp³-hybridized carbons (Fsp3) is 0.462. The van der Waals surface area contributed by atoms with E-state index in [-0.39, 0.29) is 17.6 Å². The molecule has 0 amide bonds. The first-order valence-electron chi connectivity index (χ1n) is 6.11. The summed E-state index contributed by atoms with van der Waals surface area (Å²) >= 11 is 3.23. The van der Waals surface area contributed by atoms with Crippen LogP contribution in [0.5, 0.6) is 0 Å². The number of rotatable bonds is 6. The van der Waals surface area contributed by atoms with Gasteiger partial charge in [-0.25, -0.2) is 4.39 Å². The second-order valence-electron chi connectivity index (χ2n) is 4.49. The van der Waals surface area contributed by atoms with Crippen LogP contribution in [0.2, 0.25) is 0 Å². The van der Waals surface area contributed by atoms with E-state index < -0.39 is 0 Å². The number of oxime groups is 1. The summed E-state index contributed by atoms with van der Waals surface area (Å²) in [5.41, 5.74) is 6.19. The molecule has 106 valence electrons. The molecule has 0 aromatic heterocycles. The van der Waals surface area contributed by atoms with E-state index in [4.69, 9.17) is 10.9 Å². The Balaban J connectivity index is 2.71. The van der Waals surface area contributed by atoms with Crippen molar-refractivity contribution in [1.82, 2.24) is 4.90 Å². The highest BCUT2D eigenvalue weighted by atomic mass is 79.9. The van der Waals surface area contributed by atoms with E-state index in [1.807, 2.05) is 19.9 Å². The van der Waals surface area contributed by atoms with Crippen LogP contribution in [-0.2, 0) is 6.54 Å². The molecule has 0 saturated carbocycles. The van der Waals surface area contributed by atoms with Gasteiger partial charge in [-0.2, -0.15) is 0 Å². The molecule has 3 N–H and O–H groups in total. The molecule has 1 aromatic rings. The van der Waals surface area contributed by atoms with Crippen LogP contribution in [0, 0.1) is 11.7 Å². The highest BCUT2D eigenvalue weighted by Gasteiger charge is 2.14. The first-order valence-corrected chi connectivity index (χ1v) is 6.90. The molecule has 1 aromatic carbocycles. The van der Waals surface area contributed by atoms with Gasteiger partial charge < -0.3 is 10.9 Å². The van der Waals surface area contributed by atoms with Crippen molar-refractivity contribution in [3.63, 3.8) is 0 Å². The molecule has 0 spiro atoms. The van der Waals surface area contributed by atoms with Crippen LogP contribution < -0.4 is 5.73 Å². The molecule has 1 unspecified atom stereocenters. The number of hydrogen-bond acceptors (Lipinski definition) is 3. The monoisotopic (exact) mass is 331 g/mol. The van der Waals surface area contributed by atoms with Crippen LogP contribution in [-0.4, -0.2) is 29.0 Å². The van der Waals surface area contributed by atoms with Crippen molar-refractivity contribution >= 4 is 21.8 Å². The summed E-state index contributed by atoms with van der Waals surface area (Å²) in [6, 6.07) is 5.03.